The Hall–Kier alpha value is 0.440. The van der Waals surface area contributed by atoms with Crippen LogP contribution in [0.5, 0.6) is 0 Å². The van der Waals surface area contributed by atoms with Crippen molar-refractivity contribution in [1.29, 1.82) is 0 Å². The summed E-state index contributed by atoms with van der Waals surface area (Å²) in [6.07, 6.45) is 8.09. The van der Waals surface area contributed by atoms with Crippen molar-refractivity contribution in [3.05, 3.63) is 21.1 Å². The molecule has 1 aliphatic carbocycles. The lowest BCUT2D eigenvalue weighted by Gasteiger charge is -2.06. The van der Waals surface area contributed by atoms with Crippen LogP contribution >= 0.6 is 31.9 Å². The second kappa shape index (κ2) is 3.57. The molecular weight excluding hydrogens is 244 g/mol. The van der Waals surface area contributed by atoms with Crippen molar-refractivity contribution in [3.63, 3.8) is 0 Å². The first-order chi connectivity index (χ1) is 4.30. The number of hydrogen-bond donors (Lipinski definition) is 0. The first kappa shape index (κ1) is 7.55. The monoisotopic (exact) mass is 250 g/mol. The van der Waals surface area contributed by atoms with Crippen LogP contribution in [0, 0.1) is 0 Å². The molecule has 9 heavy (non-hydrogen) atoms. The SMILES string of the molecule is BrC(Br)=C1C=CCCC1. The lowest BCUT2D eigenvalue weighted by atomic mass is 10.0. The molecule has 0 aromatic rings. The summed E-state index contributed by atoms with van der Waals surface area (Å²) < 4.78 is 1.10. The zero-order chi connectivity index (χ0) is 6.69. The van der Waals surface area contributed by atoms with E-state index in [9.17, 15) is 0 Å². The number of hydrogen-bond acceptors (Lipinski definition) is 0. The number of allylic oxidation sites excluding steroid dienone is 3. The average molecular weight is 252 g/mol. The summed E-state index contributed by atoms with van der Waals surface area (Å²) in [7, 11) is 0. The van der Waals surface area contributed by atoms with E-state index in [1.807, 2.05) is 0 Å². The van der Waals surface area contributed by atoms with E-state index in [0.717, 1.165) is 3.39 Å². The molecule has 50 valence electrons. The molecule has 0 fully saturated rings. The maximum absolute atomic E-state index is 3.38. The van der Waals surface area contributed by atoms with Gasteiger partial charge in [0.05, 0.1) is 3.39 Å². The quantitative estimate of drug-likeness (QED) is 0.616. The van der Waals surface area contributed by atoms with Gasteiger partial charge in [-0.2, -0.15) is 0 Å². The molecule has 1 rings (SSSR count). The third-order valence-electron chi connectivity index (χ3n) is 1.38. The van der Waals surface area contributed by atoms with Gasteiger partial charge in [-0.15, -0.1) is 0 Å². The van der Waals surface area contributed by atoms with Gasteiger partial charge >= 0.3 is 0 Å². The first-order valence-electron chi connectivity index (χ1n) is 3.01. The molecule has 2 heteroatoms. The second-order valence-electron chi connectivity index (χ2n) is 2.08. The smallest absolute Gasteiger partial charge is 0.0635 e. The molecular formula is C7H8Br2. The van der Waals surface area contributed by atoms with Crippen LogP contribution in [0.2, 0.25) is 0 Å². The molecule has 0 nitrogen and oxygen atoms in total. The fraction of sp³-hybridized carbons (Fsp3) is 0.429. The third-order valence-corrected chi connectivity index (χ3v) is 2.40. The van der Waals surface area contributed by atoms with Crippen LogP contribution in [-0.2, 0) is 0 Å². The molecule has 1 aliphatic rings. The molecule has 0 N–H and O–H groups in total. The van der Waals surface area contributed by atoms with Gasteiger partial charge in [0.15, 0.2) is 0 Å². The van der Waals surface area contributed by atoms with Crippen LogP contribution in [0.1, 0.15) is 19.3 Å². The summed E-state index contributed by atoms with van der Waals surface area (Å²) in [6.45, 7) is 0. The maximum Gasteiger partial charge on any atom is 0.0635 e. The average Bonchev–Trinajstić information content (AvgIpc) is 1.90. The molecule has 0 saturated heterocycles. The highest BCUT2D eigenvalue weighted by Gasteiger charge is 2.00. The standard InChI is InChI=1S/C7H8Br2/c8-7(9)6-4-2-1-3-5-6/h2,4H,1,3,5H2. The zero-order valence-electron chi connectivity index (χ0n) is 5.03. The van der Waals surface area contributed by atoms with Gasteiger partial charge in [-0.25, -0.2) is 0 Å². The van der Waals surface area contributed by atoms with Crippen molar-refractivity contribution in [2.24, 2.45) is 0 Å². The predicted octanol–water partition coefficient (Wildman–Crippen LogP) is 3.73. The van der Waals surface area contributed by atoms with Crippen LogP contribution in [-0.4, -0.2) is 0 Å². The van der Waals surface area contributed by atoms with Gasteiger partial charge in [0, 0.05) is 0 Å². The summed E-state index contributed by atoms with van der Waals surface area (Å²) in [4.78, 5) is 0. The molecule has 0 atom stereocenters. The van der Waals surface area contributed by atoms with Gasteiger partial charge in [0.1, 0.15) is 0 Å². The highest BCUT2D eigenvalue weighted by Crippen LogP contribution is 2.26. The lowest BCUT2D eigenvalue weighted by molar-refractivity contribution is 0.822. The Balaban J connectivity index is 2.71. The Morgan fingerprint density at radius 3 is 2.56 bits per heavy atom. The highest BCUT2D eigenvalue weighted by atomic mass is 79.9. The molecule has 0 aromatic heterocycles. The van der Waals surface area contributed by atoms with Crippen LogP contribution in [0.3, 0.4) is 0 Å². The van der Waals surface area contributed by atoms with Gasteiger partial charge in [0.2, 0.25) is 0 Å². The molecule has 0 unspecified atom stereocenters. The minimum absolute atomic E-state index is 1.10. The van der Waals surface area contributed by atoms with Gasteiger partial charge in [0.25, 0.3) is 0 Å². The van der Waals surface area contributed by atoms with Crippen molar-refractivity contribution in [2.75, 3.05) is 0 Å². The molecule has 0 radical (unpaired) electrons. The molecule has 0 saturated carbocycles. The van der Waals surface area contributed by atoms with Crippen LogP contribution in [0.25, 0.3) is 0 Å². The molecule has 0 aliphatic heterocycles. The van der Waals surface area contributed by atoms with Gasteiger partial charge in [-0.3, -0.25) is 0 Å². The fourth-order valence-electron chi connectivity index (χ4n) is 0.877. The molecule has 0 aromatic carbocycles. The summed E-state index contributed by atoms with van der Waals surface area (Å²) in [5.41, 5.74) is 1.38. The van der Waals surface area contributed by atoms with Gasteiger partial charge < -0.3 is 0 Å². The zero-order valence-corrected chi connectivity index (χ0v) is 8.20. The molecule has 0 spiro atoms. The minimum atomic E-state index is 1.10. The van der Waals surface area contributed by atoms with E-state index >= 15 is 0 Å². The van der Waals surface area contributed by atoms with Crippen molar-refractivity contribution in [3.8, 4) is 0 Å². The van der Waals surface area contributed by atoms with Crippen molar-refractivity contribution in [2.45, 2.75) is 19.3 Å². The Kier molecular flexibility index (Phi) is 2.99. The molecule has 0 heterocycles. The van der Waals surface area contributed by atoms with Crippen LogP contribution in [0.15, 0.2) is 21.1 Å². The van der Waals surface area contributed by atoms with Gasteiger partial charge in [-0.05, 0) is 56.7 Å². The number of halogens is 2. The van der Waals surface area contributed by atoms with E-state index in [-0.39, 0.29) is 0 Å². The normalized spacial score (nSPS) is 18.2. The highest BCUT2D eigenvalue weighted by molar-refractivity contribution is 9.28. The molecule has 0 amide bonds. The summed E-state index contributed by atoms with van der Waals surface area (Å²) in [5.74, 6) is 0. The summed E-state index contributed by atoms with van der Waals surface area (Å²) >= 11 is 6.76. The lowest BCUT2D eigenvalue weighted by Crippen LogP contribution is -1.85. The Morgan fingerprint density at radius 1 is 1.44 bits per heavy atom. The maximum atomic E-state index is 3.38. The minimum Gasteiger partial charge on any atom is -0.0842 e. The van der Waals surface area contributed by atoms with E-state index in [0.29, 0.717) is 0 Å². The van der Waals surface area contributed by atoms with E-state index < -0.39 is 0 Å². The summed E-state index contributed by atoms with van der Waals surface area (Å²) in [6, 6.07) is 0. The Morgan fingerprint density at radius 2 is 2.22 bits per heavy atom. The second-order valence-corrected chi connectivity index (χ2v) is 4.73. The van der Waals surface area contributed by atoms with E-state index in [2.05, 4.69) is 44.0 Å². The topological polar surface area (TPSA) is 0 Å². The van der Waals surface area contributed by atoms with Crippen LogP contribution < -0.4 is 0 Å². The van der Waals surface area contributed by atoms with E-state index in [1.54, 1.807) is 0 Å². The Bertz CT molecular complexity index is 152. The van der Waals surface area contributed by atoms with Gasteiger partial charge in [-0.1, -0.05) is 12.2 Å². The Labute approximate surface area is 72.3 Å². The first-order valence-corrected chi connectivity index (χ1v) is 4.60. The predicted molar refractivity (Wildman–Crippen MR) is 47.9 cm³/mol. The number of rotatable bonds is 0. The van der Waals surface area contributed by atoms with Crippen molar-refractivity contribution in [1.82, 2.24) is 0 Å². The van der Waals surface area contributed by atoms with E-state index in [1.165, 1.54) is 24.8 Å². The van der Waals surface area contributed by atoms with E-state index in [4.69, 9.17) is 0 Å². The largest absolute Gasteiger partial charge is 0.0842 e. The van der Waals surface area contributed by atoms with Crippen molar-refractivity contribution < 1.29 is 0 Å². The summed E-state index contributed by atoms with van der Waals surface area (Å²) in [5, 5.41) is 0. The fourth-order valence-corrected chi connectivity index (χ4v) is 1.54. The van der Waals surface area contributed by atoms with Crippen LogP contribution in [0.4, 0.5) is 0 Å². The third kappa shape index (κ3) is 2.26. The molecule has 0 bridgehead atoms. The van der Waals surface area contributed by atoms with Crippen molar-refractivity contribution >= 4 is 31.9 Å².